The topological polar surface area (TPSA) is 47.3 Å². The van der Waals surface area contributed by atoms with E-state index >= 15 is 0 Å². The molecule has 0 amide bonds. The van der Waals surface area contributed by atoms with Crippen molar-refractivity contribution in [1.82, 2.24) is 5.32 Å². The van der Waals surface area contributed by atoms with Crippen LogP contribution in [0, 0.1) is 0 Å². The standard InChI is InChI=1S/C20H30N2OSi/c1-20(2,3)24(18-10-6-4-7-11-18,19-12-8-5-9-13-19)23-17-16-22-15-14-21/h4-13,22H,14-17,21H2,1-3H3. The molecule has 0 radical (unpaired) electrons. The molecular weight excluding hydrogens is 312 g/mol. The van der Waals surface area contributed by atoms with E-state index in [0.717, 1.165) is 13.1 Å². The fourth-order valence-corrected chi connectivity index (χ4v) is 7.83. The van der Waals surface area contributed by atoms with Crippen molar-refractivity contribution < 1.29 is 4.43 Å². The van der Waals surface area contributed by atoms with E-state index < -0.39 is 8.32 Å². The molecule has 2 aromatic carbocycles. The largest absolute Gasteiger partial charge is 0.406 e. The Labute approximate surface area is 147 Å². The summed E-state index contributed by atoms with van der Waals surface area (Å²) in [6.45, 7) is 9.88. The van der Waals surface area contributed by atoms with Crippen molar-refractivity contribution in [1.29, 1.82) is 0 Å². The second kappa shape index (κ2) is 8.58. The summed E-state index contributed by atoms with van der Waals surface area (Å²) in [6, 6.07) is 21.5. The zero-order valence-electron chi connectivity index (χ0n) is 15.1. The minimum absolute atomic E-state index is 0.0313. The van der Waals surface area contributed by atoms with Crippen molar-refractivity contribution in [2.45, 2.75) is 25.8 Å². The van der Waals surface area contributed by atoms with E-state index in [2.05, 4.69) is 86.8 Å². The van der Waals surface area contributed by atoms with Gasteiger partial charge in [0.15, 0.2) is 0 Å². The minimum atomic E-state index is -2.38. The molecule has 3 nitrogen and oxygen atoms in total. The van der Waals surface area contributed by atoms with Crippen LogP contribution in [0.4, 0.5) is 0 Å². The van der Waals surface area contributed by atoms with Crippen molar-refractivity contribution in [3.63, 3.8) is 0 Å². The molecule has 24 heavy (non-hydrogen) atoms. The van der Waals surface area contributed by atoms with E-state index in [1.165, 1.54) is 10.4 Å². The molecule has 0 bridgehead atoms. The van der Waals surface area contributed by atoms with Gasteiger partial charge in [-0.25, -0.2) is 0 Å². The van der Waals surface area contributed by atoms with Gasteiger partial charge in [0.2, 0.25) is 0 Å². The highest BCUT2D eigenvalue weighted by molar-refractivity contribution is 6.99. The monoisotopic (exact) mass is 342 g/mol. The van der Waals surface area contributed by atoms with Gasteiger partial charge in [0, 0.05) is 26.2 Å². The predicted octanol–water partition coefficient (Wildman–Crippen LogP) is 2.11. The molecule has 0 saturated carbocycles. The van der Waals surface area contributed by atoms with E-state index in [9.17, 15) is 0 Å². The summed E-state index contributed by atoms with van der Waals surface area (Å²) in [5, 5.41) is 6.01. The average molecular weight is 343 g/mol. The van der Waals surface area contributed by atoms with Crippen molar-refractivity contribution >= 4 is 18.7 Å². The third kappa shape index (κ3) is 4.14. The molecule has 0 aliphatic rings. The smallest absolute Gasteiger partial charge is 0.261 e. The maximum atomic E-state index is 6.75. The van der Waals surface area contributed by atoms with Gasteiger partial charge in [-0.15, -0.1) is 0 Å². The van der Waals surface area contributed by atoms with Gasteiger partial charge in [-0.05, 0) is 15.4 Å². The first-order valence-electron chi connectivity index (χ1n) is 8.68. The summed E-state index contributed by atoms with van der Waals surface area (Å²) in [7, 11) is -2.38. The lowest BCUT2D eigenvalue weighted by atomic mass is 10.2. The number of hydrogen-bond donors (Lipinski definition) is 2. The van der Waals surface area contributed by atoms with Crippen LogP contribution >= 0.6 is 0 Å². The molecule has 0 aromatic heterocycles. The highest BCUT2D eigenvalue weighted by Gasteiger charge is 2.49. The lowest BCUT2D eigenvalue weighted by Crippen LogP contribution is -2.67. The molecule has 0 aliphatic heterocycles. The molecule has 130 valence electrons. The van der Waals surface area contributed by atoms with Crippen LogP contribution in [0.15, 0.2) is 60.7 Å². The first-order valence-corrected chi connectivity index (χ1v) is 10.6. The maximum absolute atomic E-state index is 6.75. The number of hydrogen-bond acceptors (Lipinski definition) is 3. The van der Waals surface area contributed by atoms with Gasteiger partial charge in [0.25, 0.3) is 8.32 Å². The van der Waals surface area contributed by atoms with Crippen molar-refractivity contribution in [3.8, 4) is 0 Å². The van der Waals surface area contributed by atoms with Gasteiger partial charge in [-0.3, -0.25) is 0 Å². The SMILES string of the molecule is CC(C)(C)[Si](OCCNCCN)(c1ccccc1)c1ccccc1. The lowest BCUT2D eigenvalue weighted by Gasteiger charge is -2.43. The third-order valence-corrected chi connectivity index (χ3v) is 9.38. The fraction of sp³-hybridized carbons (Fsp3) is 0.400. The fourth-order valence-electron chi connectivity index (χ4n) is 3.26. The Morgan fingerprint density at radius 3 is 1.79 bits per heavy atom. The van der Waals surface area contributed by atoms with Crippen LogP contribution in [0.3, 0.4) is 0 Å². The average Bonchev–Trinajstić information content (AvgIpc) is 2.59. The summed E-state index contributed by atoms with van der Waals surface area (Å²) < 4.78 is 6.75. The summed E-state index contributed by atoms with van der Waals surface area (Å²) in [5.41, 5.74) is 5.55. The van der Waals surface area contributed by atoms with Gasteiger partial charge in [0.05, 0.1) is 0 Å². The summed E-state index contributed by atoms with van der Waals surface area (Å²) >= 11 is 0. The Balaban J connectivity index is 2.42. The van der Waals surface area contributed by atoms with Gasteiger partial charge in [0.1, 0.15) is 0 Å². The van der Waals surface area contributed by atoms with E-state index in [4.69, 9.17) is 10.2 Å². The zero-order valence-corrected chi connectivity index (χ0v) is 16.1. The van der Waals surface area contributed by atoms with Crippen LogP contribution in [-0.2, 0) is 4.43 Å². The predicted molar refractivity (Wildman–Crippen MR) is 105 cm³/mol. The number of nitrogens with one attached hydrogen (secondary N) is 1. The lowest BCUT2D eigenvalue weighted by molar-refractivity contribution is 0.296. The molecule has 0 heterocycles. The normalized spacial score (nSPS) is 12.3. The molecule has 3 N–H and O–H groups in total. The van der Waals surface area contributed by atoms with Crippen LogP contribution in [0.2, 0.25) is 5.04 Å². The van der Waals surface area contributed by atoms with Crippen LogP contribution in [0.1, 0.15) is 20.8 Å². The van der Waals surface area contributed by atoms with Crippen molar-refractivity contribution in [3.05, 3.63) is 60.7 Å². The Morgan fingerprint density at radius 2 is 1.38 bits per heavy atom. The molecule has 2 rings (SSSR count). The maximum Gasteiger partial charge on any atom is 0.261 e. The molecule has 0 saturated heterocycles. The minimum Gasteiger partial charge on any atom is -0.406 e. The first-order chi connectivity index (χ1) is 11.5. The highest BCUT2D eigenvalue weighted by Crippen LogP contribution is 2.36. The van der Waals surface area contributed by atoms with E-state index in [1.54, 1.807) is 0 Å². The highest BCUT2D eigenvalue weighted by atomic mass is 28.4. The molecule has 4 heteroatoms. The number of benzene rings is 2. The second-order valence-electron chi connectivity index (χ2n) is 7.05. The summed E-state index contributed by atoms with van der Waals surface area (Å²) in [4.78, 5) is 0. The van der Waals surface area contributed by atoms with E-state index in [0.29, 0.717) is 13.2 Å². The van der Waals surface area contributed by atoms with Crippen molar-refractivity contribution in [2.24, 2.45) is 5.73 Å². The molecule has 2 aromatic rings. The van der Waals surface area contributed by atoms with Gasteiger partial charge in [-0.1, -0.05) is 81.4 Å². The van der Waals surface area contributed by atoms with Crippen LogP contribution < -0.4 is 21.4 Å². The molecule has 0 aliphatic carbocycles. The van der Waals surface area contributed by atoms with Gasteiger partial charge >= 0.3 is 0 Å². The summed E-state index contributed by atoms with van der Waals surface area (Å²) in [6.07, 6.45) is 0. The molecule has 0 unspecified atom stereocenters. The zero-order chi connectivity index (χ0) is 17.5. The van der Waals surface area contributed by atoms with Crippen LogP contribution in [0.5, 0.6) is 0 Å². The Bertz CT molecular complexity index is 557. The first kappa shape index (κ1) is 18.9. The molecule has 0 atom stereocenters. The quantitative estimate of drug-likeness (QED) is 0.571. The molecule has 0 spiro atoms. The van der Waals surface area contributed by atoms with Crippen molar-refractivity contribution in [2.75, 3.05) is 26.2 Å². The van der Waals surface area contributed by atoms with E-state index in [1.807, 2.05) is 0 Å². The number of rotatable bonds is 8. The Hall–Kier alpha value is -1.46. The molecular formula is C20H30N2OSi. The Morgan fingerprint density at radius 1 is 0.875 bits per heavy atom. The summed E-state index contributed by atoms with van der Waals surface area (Å²) in [5.74, 6) is 0. The van der Waals surface area contributed by atoms with Gasteiger partial charge in [-0.2, -0.15) is 0 Å². The Kier molecular flexibility index (Phi) is 6.75. The second-order valence-corrected chi connectivity index (χ2v) is 11.4. The van der Waals surface area contributed by atoms with Crippen LogP contribution in [0.25, 0.3) is 0 Å². The van der Waals surface area contributed by atoms with Crippen LogP contribution in [-0.4, -0.2) is 34.6 Å². The van der Waals surface area contributed by atoms with Gasteiger partial charge < -0.3 is 15.5 Å². The third-order valence-electron chi connectivity index (χ3n) is 4.34. The number of nitrogens with two attached hydrogens (primary N) is 1. The van der Waals surface area contributed by atoms with E-state index in [-0.39, 0.29) is 5.04 Å². The molecule has 0 fully saturated rings.